The normalized spacial score (nSPS) is 10.1. The van der Waals surface area contributed by atoms with E-state index in [2.05, 4.69) is 20.6 Å². The fourth-order valence-corrected chi connectivity index (χ4v) is 1.92. The first-order valence-electron chi connectivity index (χ1n) is 7.28. The predicted octanol–water partition coefficient (Wildman–Crippen LogP) is 1.58. The van der Waals surface area contributed by atoms with Crippen molar-refractivity contribution in [3.05, 3.63) is 41.7 Å². The van der Waals surface area contributed by atoms with E-state index in [9.17, 15) is 14.7 Å². The summed E-state index contributed by atoms with van der Waals surface area (Å²) in [7, 11) is 1.46. The molecule has 0 aliphatic heterocycles. The summed E-state index contributed by atoms with van der Waals surface area (Å²) in [5.41, 5.74) is 1.24. The molecule has 2 rings (SSSR count). The molecule has 0 aliphatic carbocycles. The van der Waals surface area contributed by atoms with E-state index >= 15 is 0 Å². The summed E-state index contributed by atoms with van der Waals surface area (Å²) in [5, 5.41) is 14.6. The van der Waals surface area contributed by atoms with Crippen molar-refractivity contribution in [2.75, 3.05) is 17.7 Å². The molecule has 2 amide bonds. The Balaban J connectivity index is 2.22. The second kappa shape index (κ2) is 8.02. The van der Waals surface area contributed by atoms with Crippen LogP contribution in [0.25, 0.3) is 0 Å². The maximum absolute atomic E-state index is 12.3. The Kier molecular flexibility index (Phi) is 5.80. The molecule has 24 heavy (non-hydrogen) atoms. The Morgan fingerprint density at radius 3 is 2.67 bits per heavy atom. The molecule has 1 aromatic heterocycles. The van der Waals surface area contributed by atoms with Crippen LogP contribution < -0.4 is 15.4 Å². The van der Waals surface area contributed by atoms with E-state index in [0.717, 1.165) is 0 Å². The number of benzene rings is 1. The van der Waals surface area contributed by atoms with E-state index in [0.29, 0.717) is 29.1 Å². The van der Waals surface area contributed by atoms with E-state index in [-0.39, 0.29) is 18.3 Å². The van der Waals surface area contributed by atoms with Crippen LogP contribution in [0.1, 0.15) is 29.3 Å². The van der Waals surface area contributed by atoms with Gasteiger partial charge in [-0.05, 0) is 12.1 Å². The molecule has 0 fully saturated rings. The Morgan fingerprint density at radius 2 is 2.00 bits per heavy atom. The molecule has 8 nitrogen and oxygen atoms in total. The zero-order valence-electron chi connectivity index (χ0n) is 13.4. The monoisotopic (exact) mass is 330 g/mol. The summed E-state index contributed by atoms with van der Waals surface area (Å²) in [6.07, 6.45) is 1.57. The van der Waals surface area contributed by atoms with Gasteiger partial charge >= 0.3 is 0 Å². The molecule has 8 heteroatoms. The van der Waals surface area contributed by atoms with Gasteiger partial charge in [0.25, 0.3) is 5.91 Å². The van der Waals surface area contributed by atoms with Crippen molar-refractivity contribution in [1.29, 1.82) is 0 Å². The van der Waals surface area contributed by atoms with Gasteiger partial charge in [0, 0.05) is 29.3 Å². The third-order valence-corrected chi connectivity index (χ3v) is 3.23. The molecule has 3 N–H and O–H groups in total. The Labute approximate surface area is 138 Å². The minimum Gasteiger partial charge on any atom is -0.481 e. The number of anilines is 2. The lowest BCUT2D eigenvalue weighted by Crippen LogP contribution is -2.16. The number of aliphatic hydroxyl groups excluding tert-OH is 1. The highest BCUT2D eigenvalue weighted by atomic mass is 16.5. The number of aromatic nitrogens is 2. The minimum atomic E-state index is -0.410. The fourth-order valence-electron chi connectivity index (χ4n) is 1.92. The number of hydrogen-bond acceptors (Lipinski definition) is 6. The lowest BCUT2D eigenvalue weighted by molar-refractivity contribution is -0.115. The number of hydrogen-bond donors (Lipinski definition) is 3. The molecule has 1 aromatic carbocycles. The van der Waals surface area contributed by atoms with Gasteiger partial charge in [-0.3, -0.25) is 9.59 Å². The van der Waals surface area contributed by atoms with Crippen LogP contribution in [0.15, 0.2) is 30.6 Å². The van der Waals surface area contributed by atoms with Crippen LogP contribution in [0, 0.1) is 0 Å². The number of nitrogens with zero attached hydrogens (tertiary/aromatic N) is 2. The SMILES string of the molecule is CCC(=O)Nc1cc(C(=O)Nc2cc(OC)ncn2)ccc1CO. The molecule has 0 saturated heterocycles. The van der Waals surface area contributed by atoms with Crippen LogP contribution in [0.4, 0.5) is 11.5 Å². The number of nitrogens with one attached hydrogen (secondary N) is 2. The van der Waals surface area contributed by atoms with E-state index < -0.39 is 5.91 Å². The maximum Gasteiger partial charge on any atom is 0.256 e. The number of amides is 2. The first-order valence-corrected chi connectivity index (χ1v) is 7.28. The molecule has 0 radical (unpaired) electrons. The van der Waals surface area contributed by atoms with Gasteiger partial charge in [0.15, 0.2) is 0 Å². The van der Waals surface area contributed by atoms with Crippen molar-refractivity contribution >= 4 is 23.3 Å². The standard InChI is InChI=1S/C16H18N4O4/c1-3-14(22)19-12-6-10(4-5-11(12)8-21)16(23)20-13-7-15(24-2)18-9-17-13/h4-7,9,21H,3,8H2,1-2H3,(H,19,22)(H,17,18,20,23). The molecule has 0 spiro atoms. The van der Waals surface area contributed by atoms with E-state index in [1.54, 1.807) is 19.1 Å². The van der Waals surface area contributed by atoms with Gasteiger partial charge in [0.2, 0.25) is 11.8 Å². The number of carbonyl (C=O) groups excluding carboxylic acids is 2. The van der Waals surface area contributed by atoms with Crippen LogP contribution in [-0.2, 0) is 11.4 Å². The van der Waals surface area contributed by atoms with Crippen molar-refractivity contribution in [3.8, 4) is 5.88 Å². The largest absolute Gasteiger partial charge is 0.481 e. The fraction of sp³-hybridized carbons (Fsp3) is 0.250. The maximum atomic E-state index is 12.3. The first-order chi connectivity index (χ1) is 11.6. The van der Waals surface area contributed by atoms with Crippen molar-refractivity contribution < 1.29 is 19.4 Å². The predicted molar refractivity (Wildman–Crippen MR) is 87.8 cm³/mol. The zero-order valence-corrected chi connectivity index (χ0v) is 13.4. The van der Waals surface area contributed by atoms with E-state index in [4.69, 9.17) is 4.74 Å². The third kappa shape index (κ3) is 4.26. The second-order valence-corrected chi connectivity index (χ2v) is 4.83. The molecule has 0 saturated carbocycles. The number of aliphatic hydroxyl groups is 1. The molecular weight excluding hydrogens is 312 g/mol. The molecule has 0 atom stereocenters. The summed E-state index contributed by atoms with van der Waals surface area (Å²) in [6.45, 7) is 1.47. The number of carbonyl (C=O) groups is 2. The quantitative estimate of drug-likeness (QED) is 0.741. The summed E-state index contributed by atoms with van der Waals surface area (Å²) in [4.78, 5) is 31.7. The van der Waals surface area contributed by atoms with E-state index in [1.165, 1.54) is 25.6 Å². The van der Waals surface area contributed by atoms with E-state index in [1.807, 2.05) is 0 Å². The van der Waals surface area contributed by atoms with Crippen molar-refractivity contribution in [2.24, 2.45) is 0 Å². The molecule has 0 aliphatic rings. The van der Waals surface area contributed by atoms with Crippen LogP contribution >= 0.6 is 0 Å². The van der Waals surface area contributed by atoms with Crippen molar-refractivity contribution in [2.45, 2.75) is 20.0 Å². The summed E-state index contributed by atoms with van der Waals surface area (Å²) in [5.74, 6) is -0.000842. The Bertz CT molecular complexity index is 749. The highest BCUT2D eigenvalue weighted by Crippen LogP contribution is 2.20. The van der Waals surface area contributed by atoms with Gasteiger partial charge in [-0.15, -0.1) is 0 Å². The molecule has 1 heterocycles. The van der Waals surface area contributed by atoms with Gasteiger partial charge in [-0.25, -0.2) is 9.97 Å². The highest BCUT2D eigenvalue weighted by Gasteiger charge is 2.12. The van der Waals surface area contributed by atoms with Crippen LogP contribution in [-0.4, -0.2) is 34.0 Å². The average molecular weight is 330 g/mol. The van der Waals surface area contributed by atoms with Gasteiger partial charge in [-0.1, -0.05) is 13.0 Å². The topological polar surface area (TPSA) is 113 Å². The zero-order chi connectivity index (χ0) is 17.5. The van der Waals surface area contributed by atoms with Crippen LogP contribution in [0.3, 0.4) is 0 Å². The first kappa shape index (κ1) is 17.4. The van der Waals surface area contributed by atoms with Gasteiger partial charge < -0.3 is 20.5 Å². The lowest BCUT2D eigenvalue weighted by Gasteiger charge is -2.11. The lowest BCUT2D eigenvalue weighted by atomic mass is 10.1. The van der Waals surface area contributed by atoms with Crippen LogP contribution in [0.2, 0.25) is 0 Å². The molecule has 0 bridgehead atoms. The Hall–Kier alpha value is -3.00. The smallest absolute Gasteiger partial charge is 0.256 e. The average Bonchev–Trinajstić information content (AvgIpc) is 2.61. The molecule has 126 valence electrons. The Morgan fingerprint density at radius 1 is 1.21 bits per heavy atom. The van der Waals surface area contributed by atoms with Gasteiger partial charge in [-0.2, -0.15) is 0 Å². The molecular formula is C16H18N4O4. The number of ether oxygens (including phenoxy) is 1. The van der Waals surface area contributed by atoms with Crippen molar-refractivity contribution in [3.63, 3.8) is 0 Å². The summed E-state index contributed by atoms with van der Waals surface area (Å²) >= 11 is 0. The van der Waals surface area contributed by atoms with Gasteiger partial charge in [0.05, 0.1) is 13.7 Å². The van der Waals surface area contributed by atoms with Crippen LogP contribution in [0.5, 0.6) is 5.88 Å². The highest BCUT2D eigenvalue weighted by molar-refractivity contribution is 6.05. The van der Waals surface area contributed by atoms with Gasteiger partial charge in [0.1, 0.15) is 12.1 Å². The number of methoxy groups -OCH3 is 1. The summed E-state index contributed by atoms with van der Waals surface area (Å²) in [6, 6.07) is 6.13. The number of rotatable bonds is 6. The minimum absolute atomic E-state index is 0.206. The second-order valence-electron chi connectivity index (χ2n) is 4.83. The summed E-state index contributed by atoms with van der Waals surface area (Å²) < 4.78 is 4.97. The third-order valence-electron chi connectivity index (χ3n) is 3.23. The molecule has 2 aromatic rings. The molecule has 0 unspecified atom stereocenters. The van der Waals surface area contributed by atoms with Crippen molar-refractivity contribution in [1.82, 2.24) is 9.97 Å².